The van der Waals surface area contributed by atoms with Crippen molar-refractivity contribution in [2.75, 3.05) is 52.9 Å². The van der Waals surface area contributed by atoms with Crippen molar-refractivity contribution < 1.29 is 66.5 Å². The highest BCUT2D eigenvalue weighted by Crippen LogP contribution is 2.35. The van der Waals surface area contributed by atoms with Gasteiger partial charge >= 0.3 is 35.9 Å². The van der Waals surface area contributed by atoms with Crippen molar-refractivity contribution in [3.8, 4) is 103 Å². The van der Waals surface area contributed by atoms with Gasteiger partial charge in [-0.25, -0.2) is 19.6 Å². The second-order valence-corrected chi connectivity index (χ2v) is 41.6. The molecule has 600 valence electrons. The Morgan fingerprint density at radius 1 is 0.393 bits per heavy atom. The number of pyridine rings is 3. The van der Waals surface area contributed by atoms with Crippen LogP contribution in [0.15, 0.2) is 128 Å². The molecule has 3 saturated carbocycles. The van der Waals surface area contributed by atoms with E-state index in [-0.39, 0.29) is 54.0 Å². The first kappa shape index (κ1) is 84.5. The fourth-order valence-corrected chi connectivity index (χ4v) is 14.6. The van der Waals surface area contributed by atoms with E-state index in [1.807, 2.05) is 157 Å². The number of nitrogens with zero attached hydrogens (tertiary/aromatic N) is 11. The number of rotatable bonds is 34. The number of hydrogen-bond donors (Lipinski definition) is 1. The molecule has 9 aromatic rings. The largest absolute Gasteiger partial charge is 0.474 e. The zero-order valence-corrected chi connectivity index (χ0v) is 69.2. The Labute approximate surface area is 660 Å². The van der Waals surface area contributed by atoms with Gasteiger partial charge in [-0.2, -0.15) is 19.6 Å². The number of H-pyrrole nitrogens is 1. The molecule has 0 saturated heterocycles. The zero-order valence-electron chi connectivity index (χ0n) is 67.2. The lowest BCUT2D eigenvalue weighted by Gasteiger charge is -2.27. The minimum atomic E-state index is -1.17. The number of hydrogen-bond acceptors (Lipinski definition) is 23. The number of benzene rings is 3. The average Bonchev–Trinajstić information content (AvgIpc) is 1.63. The summed E-state index contributed by atoms with van der Waals surface area (Å²) in [5, 5.41) is 16.1. The van der Waals surface area contributed by atoms with Gasteiger partial charge in [0.15, 0.2) is 17.5 Å². The first-order valence-corrected chi connectivity index (χ1v) is 47.1. The molecule has 6 aromatic heterocycles. The predicted octanol–water partition coefficient (Wildman–Crippen LogP) is 16.9. The summed E-state index contributed by atoms with van der Waals surface area (Å²) < 4.78 is 65.5. The summed E-state index contributed by atoms with van der Waals surface area (Å²) in [6, 6.07) is 39.3. The molecule has 3 aromatic carbocycles. The van der Waals surface area contributed by atoms with Crippen LogP contribution in [0.1, 0.15) is 119 Å². The van der Waals surface area contributed by atoms with Crippen molar-refractivity contribution in [2.45, 2.75) is 202 Å². The number of nitrogens with one attached hydrogen (secondary N) is 1. The Kier molecular flexibility index (Phi) is 31.8. The average molecular weight is 1570 g/mol. The Bertz CT molecular complexity index is 4320. The number of esters is 3. The van der Waals surface area contributed by atoms with Crippen LogP contribution in [-0.2, 0) is 51.5 Å². The van der Waals surface area contributed by atoms with Gasteiger partial charge in [0.2, 0.25) is 17.6 Å². The smallest absolute Gasteiger partial charge is 0.336 e. The van der Waals surface area contributed by atoms with Crippen LogP contribution in [0.3, 0.4) is 0 Å². The summed E-state index contributed by atoms with van der Waals surface area (Å²) in [7, 11) is -2.32. The van der Waals surface area contributed by atoms with E-state index in [1.165, 1.54) is 0 Å². The van der Waals surface area contributed by atoms with Crippen LogP contribution in [0.4, 0.5) is 0 Å². The van der Waals surface area contributed by atoms with Crippen molar-refractivity contribution in [2.24, 2.45) is 17.8 Å². The van der Waals surface area contributed by atoms with E-state index in [4.69, 9.17) is 52.1 Å². The Morgan fingerprint density at radius 3 is 1.13 bits per heavy atom. The molecule has 26 nitrogen and oxygen atoms in total. The van der Waals surface area contributed by atoms with Crippen LogP contribution in [0.2, 0.25) is 51.4 Å². The third-order valence-corrected chi connectivity index (χ3v) is 22.8. The summed E-state index contributed by atoms with van der Waals surface area (Å²) in [4.78, 5) is 62.9. The van der Waals surface area contributed by atoms with E-state index < -0.39 is 16.1 Å². The summed E-state index contributed by atoms with van der Waals surface area (Å²) >= 11 is 0. The molecule has 12 rings (SSSR count). The summed E-state index contributed by atoms with van der Waals surface area (Å²) in [5.74, 6) is 3.50. The van der Waals surface area contributed by atoms with Gasteiger partial charge < -0.3 is 52.1 Å². The van der Waals surface area contributed by atoms with Gasteiger partial charge in [0.05, 0.1) is 57.4 Å². The van der Waals surface area contributed by atoms with Crippen LogP contribution in [0.25, 0.3) is 67.5 Å². The maximum absolute atomic E-state index is 12.0. The van der Waals surface area contributed by atoms with E-state index in [0.29, 0.717) is 119 Å². The summed E-state index contributed by atoms with van der Waals surface area (Å²) in [5.41, 5.74) is 8.88. The molecule has 0 radical (unpaired) electrons. The molecular formula is C84H112N12O14Si2. The van der Waals surface area contributed by atoms with Crippen LogP contribution in [-0.4, -0.2) is 165 Å². The number of carbonyl (C=O) groups excluding carboxylic acids is 3. The molecule has 1 N–H and O–H groups in total. The molecule has 28 heteroatoms. The van der Waals surface area contributed by atoms with Gasteiger partial charge in [-0.15, -0.1) is 15.3 Å². The summed E-state index contributed by atoms with van der Waals surface area (Å²) in [6.45, 7) is 30.2. The number of carbonyl (C=O) groups is 3. The van der Waals surface area contributed by atoms with Gasteiger partial charge in [-0.1, -0.05) is 112 Å². The van der Waals surface area contributed by atoms with Crippen LogP contribution in [0, 0.1) is 17.8 Å². The molecule has 112 heavy (non-hydrogen) atoms. The molecule has 0 aliphatic heterocycles. The van der Waals surface area contributed by atoms with E-state index in [0.717, 1.165) is 139 Å². The van der Waals surface area contributed by atoms with Crippen LogP contribution >= 0.6 is 0 Å². The standard InChI is InChI=1S/2C30H42N4O5Si.C24H28N4O4/c1-6-37-29(35)24-12-15-26(16-13-24)39-27-17-14-25(20-31-27)22-8-10-23(11-9-22)28-32-30(38-7-2)33-34(28)21-36-18-19-40(3,4)5;1-6-37-29(35)24-12-15-26(16-13-24)39-27-17-14-25(20-31-27)22-8-10-23(11-9-22)28-32-30(38-7-2)34(33-28)21-36-18-19-40(3,4)5;1-3-30-23(29)18-9-12-20(13-10-18)32-21-14-11-19(15-25-21)16-5-7-17(8-6-16)22-26-24(28-27-22)31-4-2/h2*8-11,14,17,20,24,26H,6-7,12-13,15-16,18-19,21H2,1-5H3;5-8,11,14-15,18,20H,3-4,9-10,12-13H2,1-2H3,(H,26,27,28). The van der Waals surface area contributed by atoms with Crippen LogP contribution < -0.4 is 28.4 Å². The minimum Gasteiger partial charge on any atom is -0.474 e. The molecule has 0 bridgehead atoms. The number of aromatic nitrogens is 12. The normalized spacial score (nSPS) is 17.6. The minimum absolute atomic E-state index is 0.00387. The molecular weight excluding hydrogens is 1460 g/mol. The van der Waals surface area contributed by atoms with E-state index in [2.05, 4.69) is 102 Å². The van der Waals surface area contributed by atoms with Crippen molar-refractivity contribution in [3.05, 3.63) is 128 Å². The highest BCUT2D eigenvalue weighted by atomic mass is 28.3. The quantitative estimate of drug-likeness (QED) is 0.0170. The molecule has 3 fully saturated rings. The zero-order chi connectivity index (χ0) is 79.4. The molecule has 0 spiro atoms. The number of ether oxygens (including phenoxy) is 11. The second-order valence-electron chi connectivity index (χ2n) is 30.3. The monoisotopic (exact) mass is 1570 g/mol. The Hall–Kier alpha value is -9.91. The highest BCUT2D eigenvalue weighted by molar-refractivity contribution is 6.76. The summed E-state index contributed by atoms with van der Waals surface area (Å²) in [6.07, 6.45) is 15.4. The lowest BCUT2D eigenvalue weighted by atomic mass is 9.87. The van der Waals surface area contributed by atoms with Gasteiger partial charge in [0.25, 0.3) is 0 Å². The SMILES string of the molecule is CCOC(=O)C1CCC(Oc2ccc(-c3ccc(-c4nc(OCC)n(COCC[Si](C)(C)C)n4)cc3)cn2)CC1.CCOC(=O)C1CCC(Oc2ccc(-c3ccc(-c4nc(OCC)n[nH]4)cc3)cn2)CC1.CCOC(=O)C1CCC(Oc2ccc(-c3ccc(-c4nc(OCC)nn4COCC[Si](C)(C)C)cc3)cn2)CC1. The van der Waals surface area contributed by atoms with Crippen molar-refractivity contribution >= 4 is 34.1 Å². The first-order chi connectivity index (χ1) is 54.2. The predicted molar refractivity (Wildman–Crippen MR) is 433 cm³/mol. The Balaban J connectivity index is 0.000000180. The maximum atomic E-state index is 12.0. The molecule has 0 amide bonds. The van der Waals surface area contributed by atoms with E-state index >= 15 is 0 Å². The third kappa shape index (κ3) is 25.8. The lowest BCUT2D eigenvalue weighted by molar-refractivity contribution is -0.150. The topological polar surface area (TPSA) is 294 Å². The fourth-order valence-electron chi connectivity index (χ4n) is 13.1. The molecule has 0 unspecified atom stereocenters. The molecule has 6 heterocycles. The van der Waals surface area contributed by atoms with Crippen LogP contribution in [0.5, 0.6) is 35.7 Å². The molecule has 0 atom stereocenters. The first-order valence-electron chi connectivity index (χ1n) is 39.7. The second kappa shape index (κ2) is 42.1. The highest BCUT2D eigenvalue weighted by Gasteiger charge is 2.32. The Morgan fingerprint density at radius 2 is 0.759 bits per heavy atom. The van der Waals surface area contributed by atoms with Gasteiger partial charge in [0, 0.05) is 99.5 Å². The number of aromatic amines is 1. The fraction of sp³-hybridized carbons (Fsp3) is 0.500. The van der Waals surface area contributed by atoms with Gasteiger partial charge in [-0.05, 0) is 166 Å². The maximum Gasteiger partial charge on any atom is 0.336 e. The van der Waals surface area contributed by atoms with E-state index in [1.54, 1.807) is 9.36 Å². The van der Waals surface area contributed by atoms with Gasteiger partial charge in [0.1, 0.15) is 31.8 Å². The lowest BCUT2D eigenvalue weighted by Crippen LogP contribution is -2.29. The molecule has 3 aliphatic rings. The van der Waals surface area contributed by atoms with E-state index in [9.17, 15) is 14.4 Å². The van der Waals surface area contributed by atoms with Crippen molar-refractivity contribution in [3.63, 3.8) is 0 Å². The van der Waals surface area contributed by atoms with Gasteiger partial charge in [-0.3, -0.25) is 19.5 Å². The molecule has 3 aliphatic carbocycles. The van der Waals surface area contributed by atoms with Crippen molar-refractivity contribution in [1.29, 1.82) is 0 Å². The third-order valence-electron chi connectivity index (χ3n) is 19.4. The van der Waals surface area contributed by atoms with Crippen molar-refractivity contribution in [1.82, 2.24) is 59.7 Å².